The Labute approximate surface area is 161 Å². The molecule has 1 saturated heterocycles. The molecule has 144 valence electrons. The molecular formula is C21H28N4O2. The van der Waals surface area contributed by atoms with Gasteiger partial charge in [-0.1, -0.05) is 6.07 Å². The van der Waals surface area contributed by atoms with E-state index in [1.54, 1.807) is 7.11 Å². The molecule has 6 nitrogen and oxygen atoms in total. The Morgan fingerprint density at radius 3 is 2.85 bits per heavy atom. The number of anilines is 1. The van der Waals surface area contributed by atoms with Crippen LogP contribution in [0.15, 0.2) is 30.5 Å². The lowest BCUT2D eigenvalue weighted by Crippen LogP contribution is -2.32. The lowest BCUT2D eigenvalue weighted by atomic mass is 10.1. The third-order valence-corrected chi connectivity index (χ3v) is 5.36. The molecule has 0 aromatic carbocycles. The predicted octanol–water partition coefficient (Wildman–Crippen LogP) is 2.91. The minimum Gasteiger partial charge on any atom is -0.493 e. The summed E-state index contributed by atoms with van der Waals surface area (Å²) in [7, 11) is 1.69. The van der Waals surface area contributed by atoms with Crippen molar-refractivity contribution in [1.82, 2.24) is 14.9 Å². The van der Waals surface area contributed by atoms with E-state index in [-0.39, 0.29) is 0 Å². The summed E-state index contributed by atoms with van der Waals surface area (Å²) in [6, 6.07) is 7.98. The SMILES string of the molecule is COc1cccnc1N1CCc2nc(OCCCN3CCCC3)ccc2C1. The highest BCUT2D eigenvalue weighted by Crippen LogP contribution is 2.30. The minimum absolute atomic E-state index is 0.736. The van der Waals surface area contributed by atoms with E-state index < -0.39 is 0 Å². The van der Waals surface area contributed by atoms with E-state index in [1.165, 1.54) is 31.5 Å². The summed E-state index contributed by atoms with van der Waals surface area (Å²) in [6.07, 6.45) is 6.44. The lowest BCUT2D eigenvalue weighted by Gasteiger charge is -2.30. The molecule has 0 spiro atoms. The van der Waals surface area contributed by atoms with E-state index in [4.69, 9.17) is 14.5 Å². The molecule has 0 unspecified atom stereocenters. The molecule has 0 atom stereocenters. The highest BCUT2D eigenvalue weighted by molar-refractivity contribution is 5.53. The maximum atomic E-state index is 5.90. The predicted molar refractivity (Wildman–Crippen MR) is 106 cm³/mol. The highest BCUT2D eigenvalue weighted by Gasteiger charge is 2.21. The molecular weight excluding hydrogens is 340 g/mol. The van der Waals surface area contributed by atoms with Gasteiger partial charge in [-0.15, -0.1) is 0 Å². The number of nitrogens with zero attached hydrogens (tertiary/aromatic N) is 4. The highest BCUT2D eigenvalue weighted by atomic mass is 16.5. The zero-order valence-electron chi connectivity index (χ0n) is 16.1. The largest absolute Gasteiger partial charge is 0.493 e. The normalized spacial score (nSPS) is 17.0. The fourth-order valence-corrected chi connectivity index (χ4v) is 3.91. The maximum absolute atomic E-state index is 5.90. The average Bonchev–Trinajstić information content (AvgIpc) is 3.24. The quantitative estimate of drug-likeness (QED) is 0.701. The van der Waals surface area contributed by atoms with Gasteiger partial charge in [-0.05, 0) is 50.0 Å². The molecule has 2 aromatic rings. The van der Waals surface area contributed by atoms with Gasteiger partial charge in [0.2, 0.25) is 5.88 Å². The van der Waals surface area contributed by atoms with Crippen LogP contribution in [0.25, 0.3) is 0 Å². The molecule has 0 saturated carbocycles. The van der Waals surface area contributed by atoms with Crippen molar-refractivity contribution in [3.05, 3.63) is 41.7 Å². The van der Waals surface area contributed by atoms with Crippen molar-refractivity contribution in [2.75, 3.05) is 44.8 Å². The Morgan fingerprint density at radius 2 is 2.00 bits per heavy atom. The van der Waals surface area contributed by atoms with Crippen molar-refractivity contribution in [1.29, 1.82) is 0 Å². The summed E-state index contributed by atoms with van der Waals surface area (Å²) in [5.74, 6) is 2.46. The number of hydrogen-bond donors (Lipinski definition) is 0. The van der Waals surface area contributed by atoms with Crippen LogP contribution in [-0.4, -0.2) is 54.8 Å². The van der Waals surface area contributed by atoms with Gasteiger partial charge >= 0.3 is 0 Å². The van der Waals surface area contributed by atoms with Crippen LogP contribution >= 0.6 is 0 Å². The van der Waals surface area contributed by atoms with Crippen molar-refractivity contribution in [2.45, 2.75) is 32.2 Å². The number of hydrogen-bond acceptors (Lipinski definition) is 6. The Balaban J connectivity index is 1.33. The number of methoxy groups -OCH3 is 1. The van der Waals surface area contributed by atoms with E-state index >= 15 is 0 Å². The molecule has 1 fully saturated rings. The second-order valence-electron chi connectivity index (χ2n) is 7.21. The van der Waals surface area contributed by atoms with Gasteiger partial charge in [0.25, 0.3) is 0 Å². The number of likely N-dealkylation sites (tertiary alicyclic amines) is 1. The number of fused-ring (bicyclic) bond motifs is 1. The van der Waals surface area contributed by atoms with Crippen LogP contribution in [0.5, 0.6) is 11.6 Å². The van der Waals surface area contributed by atoms with Crippen LogP contribution in [-0.2, 0) is 13.0 Å². The molecule has 0 amide bonds. The maximum Gasteiger partial charge on any atom is 0.213 e. The van der Waals surface area contributed by atoms with Gasteiger partial charge in [-0.3, -0.25) is 0 Å². The van der Waals surface area contributed by atoms with E-state index in [1.807, 2.05) is 24.4 Å². The number of aromatic nitrogens is 2. The Kier molecular flexibility index (Phi) is 5.72. The monoisotopic (exact) mass is 368 g/mol. The third-order valence-electron chi connectivity index (χ3n) is 5.36. The fraction of sp³-hybridized carbons (Fsp3) is 0.524. The zero-order chi connectivity index (χ0) is 18.5. The zero-order valence-corrected chi connectivity index (χ0v) is 16.1. The van der Waals surface area contributed by atoms with E-state index in [2.05, 4.69) is 20.9 Å². The van der Waals surface area contributed by atoms with Crippen LogP contribution in [0.3, 0.4) is 0 Å². The van der Waals surface area contributed by atoms with Crippen molar-refractivity contribution < 1.29 is 9.47 Å². The summed E-state index contributed by atoms with van der Waals surface area (Å²) in [4.78, 5) is 14.0. The summed E-state index contributed by atoms with van der Waals surface area (Å²) in [6.45, 7) is 6.03. The van der Waals surface area contributed by atoms with Crippen molar-refractivity contribution in [3.63, 3.8) is 0 Å². The second kappa shape index (κ2) is 8.57. The Hall–Kier alpha value is -2.34. The smallest absolute Gasteiger partial charge is 0.213 e. The topological polar surface area (TPSA) is 50.7 Å². The molecule has 0 bridgehead atoms. The number of pyridine rings is 2. The summed E-state index contributed by atoms with van der Waals surface area (Å²) in [5, 5.41) is 0. The van der Waals surface area contributed by atoms with Crippen LogP contribution in [0.1, 0.15) is 30.5 Å². The molecule has 2 aliphatic heterocycles. The molecule has 27 heavy (non-hydrogen) atoms. The van der Waals surface area contributed by atoms with Gasteiger partial charge in [0.05, 0.1) is 19.4 Å². The van der Waals surface area contributed by atoms with Gasteiger partial charge in [0.1, 0.15) is 0 Å². The summed E-state index contributed by atoms with van der Waals surface area (Å²) in [5.41, 5.74) is 2.37. The molecule has 4 rings (SSSR count). The molecule has 0 aliphatic carbocycles. The van der Waals surface area contributed by atoms with Crippen LogP contribution in [0, 0.1) is 0 Å². The summed E-state index contributed by atoms with van der Waals surface area (Å²) >= 11 is 0. The lowest BCUT2D eigenvalue weighted by molar-refractivity contribution is 0.256. The van der Waals surface area contributed by atoms with E-state index in [0.717, 1.165) is 62.2 Å². The fourth-order valence-electron chi connectivity index (χ4n) is 3.91. The number of ether oxygens (including phenoxy) is 2. The third kappa shape index (κ3) is 4.33. The van der Waals surface area contributed by atoms with Crippen LogP contribution in [0.4, 0.5) is 5.82 Å². The summed E-state index contributed by atoms with van der Waals surface area (Å²) < 4.78 is 11.4. The van der Waals surface area contributed by atoms with Crippen molar-refractivity contribution in [3.8, 4) is 11.6 Å². The van der Waals surface area contributed by atoms with Gasteiger partial charge in [0.15, 0.2) is 11.6 Å². The number of rotatable bonds is 7. The molecule has 6 heteroatoms. The van der Waals surface area contributed by atoms with Crippen LogP contribution in [0.2, 0.25) is 0 Å². The molecule has 4 heterocycles. The average molecular weight is 368 g/mol. The Bertz CT molecular complexity index is 762. The Morgan fingerprint density at radius 1 is 1.11 bits per heavy atom. The molecule has 2 aromatic heterocycles. The van der Waals surface area contributed by atoms with Crippen molar-refractivity contribution >= 4 is 5.82 Å². The van der Waals surface area contributed by atoms with Gasteiger partial charge in [-0.2, -0.15) is 0 Å². The minimum atomic E-state index is 0.736. The van der Waals surface area contributed by atoms with Gasteiger partial charge in [-0.25, -0.2) is 9.97 Å². The first-order chi connectivity index (χ1) is 13.3. The first-order valence-corrected chi connectivity index (χ1v) is 9.91. The first kappa shape index (κ1) is 18.0. The van der Waals surface area contributed by atoms with E-state index in [0.29, 0.717) is 0 Å². The van der Waals surface area contributed by atoms with Gasteiger partial charge < -0.3 is 19.3 Å². The van der Waals surface area contributed by atoms with Gasteiger partial charge in [0, 0.05) is 38.3 Å². The molecule has 0 radical (unpaired) electrons. The second-order valence-corrected chi connectivity index (χ2v) is 7.21. The van der Waals surface area contributed by atoms with Crippen molar-refractivity contribution in [2.24, 2.45) is 0 Å². The van der Waals surface area contributed by atoms with E-state index in [9.17, 15) is 0 Å². The first-order valence-electron chi connectivity index (χ1n) is 9.91. The standard InChI is InChI=1S/C21H28N4O2/c1-26-19-6-4-10-22-21(19)25-14-9-18-17(16-25)7-8-20(23-18)27-15-5-13-24-11-2-3-12-24/h4,6-8,10H,2-3,5,9,11-16H2,1H3. The molecule has 2 aliphatic rings. The van der Waals surface area contributed by atoms with Crippen LogP contribution < -0.4 is 14.4 Å². The molecule has 0 N–H and O–H groups in total.